The molecule has 0 aromatic heterocycles. The molecule has 0 heterocycles. The maximum absolute atomic E-state index is 7.83. The second-order valence-corrected chi connectivity index (χ2v) is 8.30. The SMILES string of the molecule is Cc1cc(N)ccc1-c1ccc(N)cc1C.Cc1cc(N)ccc1-c1ccc(N)cc1C.O=S. The largest absolute Gasteiger partial charge is 0.399 e. The molecule has 176 valence electrons. The highest BCUT2D eigenvalue weighted by atomic mass is 32.1. The standard InChI is InChI=1S/2C14H16N2.OS/c2*1-9-7-11(15)3-5-13(9)14-6-4-12(16)8-10(14)2;1-2/h2*3-8H,15-16H2,1-2H3;. The first-order valence-corrected chi connectivity index (χ1v) is 11.1. The number of hydrogen-bond donors (Lipinski definition) is 4. The van der Waals surface area contributed by atoms with Crippen LogP contribution in [0.5, 0.6) is 0 Å². The molecular formula is C28H32N4OS. The van der Waals surface area contributed by atoms with Crippen LogP contribution in [-0.4, -0.2) is 4.21 Å². The number of aryl methyl sites for hydroxylation is 4. The first kappa shape index (κ1) is 26.4. The Balaban J connectivity index is 0.000000224. The summed E-state index contributed by atoms with van der Waals surface area (Å²) in [7, 11) is 0. The third-order valence-electron chi connectivity index (χ3n) is 5.58. The van der Waals surface area contributed by atoms with Gasteiger partial charge in [-0.3, -0.25) is 0 Å². The normalized spacial score (nSPS) is 9.88. The molecule has 0 aliphatic rings. The molecule has 4 rings (SSSR count). The Morgan fingerprint density at radius 1 is 0.412 bits per heavy atom. The van der Waals surface area contributed by atoms with Crippen LogP contribution in [0.3, 0.4) is 0 Å². The van der Waals surface area contributed by atoms with Crippen LogP contribution in [0.4, 0.5) is 22.7 Å². The Morgan fingerprint density at radius 2 is 0.588 bits per heavy atom. The molecule has 8 N–H and O–H groups in total. The summed E-state index contributed by atoms with van der Waals surface area (Å²) in [6.07, 6.45) is 0. The Hall–Kier alpha value is -3.90. The fourth-order valence-electron chi connectivity index (χ4n) is 3.96. The van der Waals surface area contributed by atoms with Gasteiger partial charge in [0.15, 0.2) is 12.5 Å². The molecule has 0 saturated carbocycles. The van der Waals surface area contributed by atoms with Gasteiger partial charge in [0.2, 0.25) is 0 Å². The summed E-state index contributed by atoms with van der Waals surface area (Å²) in [5, 5.41) is 0. The molecule has 6 heteroatoms. The van der Waals surface area contributed by atoms with E-state index in [0.717, 1.165) is 22.7 Å². The Morgan fingerprint density at radius 3 is 0.735 bits per heavy atom. The van der Waals surface area contributed by atoms with Crippen LogP contribution in [0, 0.1) is 27.7 Å². The average molecular weight is 473 g/mol. The van der Waals surface area contributed by atoms with Crippen molar-refractivity contribution in [2.24, 2.45) is 0 Å². The second kappa shape index (κ2) is 11.8. The maximum Gasteiger partial charge on any atom is 0.197 e. The van der Waals surface area contributed by atoms with Crippen molar-refractivity contribution < 1.29 is 4.21 Å². The van der Waals surface area contributed by atoms with Gasteiger partial charge in [-0.05, 0) is 121 Å². The quantitative estimate of drug-likeness (QED) is 0.268. The molecule has 0 fully saturated rings. The molecule has 0 atom stereocenters. The van der Waals surface area contributed by atoms with Gasteiger partial charge in [0.25, 0.3) is 0 Å². The van der Waals surface area contributed by atoms with Gasteiger partial charge in [-0.25, -0.2) is 0 Å². The zero-order valence-electron chi connectivity index (χ0n) is 20.1. The van der Waals surface area contributed by atoms with Crippen LogP contribution in [0.1, 0.15) is 22.3 Å². The van der Waals surface area contributed by atoms with E-state index in [0.29, 0.717) is 0 Å². The van der Waals surface area contributed by atoms with Gasteiger partial charge in [0.1, 0.15) is 0 Å². The second-order valence-electron chi connectivity index (χ2n) is 8.30. The van der Waals surface area contributed by atoms with Gasteiger partial charge in [-0.15, -0.1) is 0 Å². The summed E-state index contributed by atoms with van der Waals surface area (Å²) in [6.45, 7) is 8.28. The molecule has 0 amide bonds. The number of benzene rings is 4. The molecule has 4 aromatic rings. The van der Waals surface area contributed by atoms with Crippen LogP contribution < -0.4 is 22.9 Å². The Labute approximate surface area is 207 Å². The van der Waals surface area contributed by atoms with Crippen LogP contribution >= 0.6 is 0 Å². The molecule has 0 saturated heterocycles. The van der Waals surface area contributed by atoms with E-state index >= 15 is 0 Å². The van der Waals surface area contributed by atoms with Crippen molar-refractivity contribution in [3.05, 3.63) is 95.1 Å². The molecule has 0 spiro atoms. The molecule has 0 radical (unpaired) electrons. The highest BCUT2D eigenvalue weighted by Crippen LogP contribution is 2.30. The highest BCUT2D eigenvalue weighted by Gasteiger charge is 2.06. The van der Waals surface area contributed by atoms with Crippen LogP contribution in [-0.2, 0) is 12.5 Å². The fraction of sp³-hybridized carbons (Fsp3) is 0.143. The third kappa shape index (κ3) is 6.56. The van der Waals surface area contributed by atoms with Crippen molar-refractivity contribution in [2.45, 2.75) is 27.7 Å². The molecule has 34 heavy (non-hydrogen) atoms. The lowest BCUT2D eigenvalue weighted by Gasteiger charge is -2.10. The van der Waals surface area contributed by atoms with E-state index in [2.05, 4.69) is 64.5 Å². The minimum atomic E-state index is 0.800. The van der Waals surface area contributed by atoms with Crippen molar-refractivity contribution in [1.82, 2.24) is 0 Å². The monoisotopic (exact) mass is 472 g/mol. The van der Waals surface area contributed by atoms with Crippen molar-refractivity contribution >= 4 is 35.3 Å². The van der Waals surface area contributed by atoms with E-state index in [1.807, 2.05) is 48.5 Å². The third-order valence-corrected chi connectivity index (χ3v) is 5.58. The number of anilines is 4. The first-order chi connectivity index (χ1) is 16.2. The van der Waals surface area contributed by atoms with Crippen LogP contribution in [0.15, 0.2) is 72.8 Å². The van der Waals surface area contributed by atoms with Crippen molar-refractivity contribution in [1.29, 1.82) is 0 Å². The van der Waals surface area contributed by atoms with Crippen LogP contribution in [0.25, 0.3) is 22.3 Å². The molecule has 0 unspecified atom stereocenters. The van der Waals surface area contributed by atoms with Gasteiger partial charge in [-0.1, -0.05) is 24.3 Å². The van der Waals surface area contributed by atoms with E-state index in [9.17, 15) is 0 Å². The van der Waals surface area contributed by atoms with Gasteiger partial charge < -0.3 is 22.9 Å². The predicted molar refractivity (Wildman–Crippen MR) is 148 cm³/mol. The van der Waals surface area contributed by atoms with Gasteiger partial charge in [0.05, 0.1) is 0 Å². The highest BCUT2D eigenvalue weighted by molar-refractivity contribution is 7.44. The molecule has 0 aliphatic heterocycles. The molecular weight excluding hydrogens is 440 g/mol. The summed E-state index contributed by atoms with van der Waals surface area (Å²) < 4.78 is 7.83. The fourth-order valence-corrected chi connectivity index (χ4v) is 3.96. The smallest absolute Gasteiger partial charge is 0.197 e. The summed E-state index contributed by atoms with van der Waals surface area (Å²) in [5.74, 6) is 0. The predicted octanol–water partition coefficient (Wildman–Crippen LogP) is 5.93. The number of nitrogens with two attached hydrogens (primary N) is 4. The maximum atomic E-state index is 7.83. The van der Waals surface area contributed by atoms with Crippen molar-refractivity contribution in [2.75, 3.05) is 22.9 Å². The van der Waals surface area contributed by atoms with Crippen molar-refractivity contribution in [3.8, 4) is 22.3 Å². The molecule has 4 aromatic carbocycles. The van der Waals surface area contributed by atoms with Gasteiger partial charge in [-0.2, -0.15) is 4.21 Å². The lowest BCUT2D eigenvalue weighted by atomic mass is 9.96. The topological polar surface area (TPSA) is 121 Å². The van der Waals surface area contributed by atoms with Gasteiger partial charge >= 0.3 is 0 Å². The van der Waals surface area contributed by atoms with E-state index in [-0.39, 0.29) is 0 Å². The van der Waals surface area contributed by atoms with E-state index in [1.54, 1.807) is 0 Å². The van der Waals surface area contributed by atoms with E-state index in [1.165, 1.54) is 44.5 Å². The zero-order valence-corrected chi connectivity index (χ0v) is 20.9. The molecule has 0 aliphatic carbocycles. The summed E-state index contributed by atoms with van der Waals surface area (Å²) in [5.41, 5.74) is 35.8. The lowest BCUT2D eigenvalue weighted by molar-refractivity contribution is 0.702. The van der Waals surface area contributed by atoms with E-state index in [4.69, 9.17) is 27.1 Å². The Bertz CT molecular complexity index is 1090. The lowest BCUT2D eigenvalue weighted by Crippen LogP contribution is -1.92. The summed E-state index contributed by atoms with van der Waals surface area (Å²) in [4.78, 5) is 0. The summed E-state index contributed by atoms with van der Waals surface area (Å²) >= 11 is 2.83. The molecule has 0 bridgehead atoms. The van der Waals surface area contributed by atoms with E-state index < -0.39 is 0 Å². The van der Waals surface area contributed by atoms with Crippen molar-refractivity contribution in [3.63, 3.8) is 0 Å². The number of nitrogen functional groups attached to an aromatic ring is 4. The average Bonchev–Trinajstić information content (AvgIpc) is 2.77. The summed E-state index contributed by atoms with van der Waals surface area (Å²) in [6, 6.07) is 23.9. The van der Waals surface area contributed by atoms with Crippen LogP contribution in [0.2, 0.25) is 0 Å². The number of hydrogen-bond acceptors (Lipinski definition) is 6. The zero-order chi connectivity index (χ0) is 25.4. The minimum Gasteiger partial charge on any atom is -0.399 e. The van der Waals surface area contributed by atoms with Gasteiger partial charge in [0, 0.05) is 22.7 Å². The molecule has 5 nitrogen and oxygen atoms in total. The minimum absolute atomic E-state index is 0.800. The Kier molecular flexibility index (Phi) is 9.16. The number of rotatable bonds is 2. The first-order valence-electron chi connectivity index (χ1n) is 10.8.